The predicted octanol–water partition coefficient (Wildman–Crippen LogP) is 3.99. The molecule has 0 aliphatic rings. The van der Waals surface area contributed by atoms with E-state index in [1.165, 1.54) is 30.5 Å². The van der Waals surface area contributed by atoms with Crippen molar-refractivity contribution in [1.82, 2.24) is 10.3 Å². The van der Waals surface area contributed by atoms with Gasteiger partial charge < -0.3 is 10.1 Å². The minimum Gasteiger partial charge on any atom is -0.406 e. The van der Waals surface area contributed by atoms with Gasteiger partial charge in [0, 0.05) is 36.3 Å². The molecule has 0 spiro atoms. The summed E-state index contributed by atoms with van der Waals surface area (Å²) in [5.41, 5.74) is 1.85. The molecule has 1 amide bonds. The van der Waals surface area contributed by atoms with Gasteiger partial charge in [-0.25, -0.2) is 0 Å². The molecule has 0 atom stereocenters. The average Bonchev–Trinajstić information content (AvgIpc) is 2.57. The van der Waals surface area contributed by atoms with Gasteiger partial charge in [0.15, 0.2) is 0 Å². The van der Waals surface area contributed by atoms with Crippen molar-refractivity contribution in [3.63, 3.8) is 0 Å². The fraction of sp³-hybridized carbons (Fsp3) is 0.350. The molecule has 1 aromatic heterocycles. The van der Waals surface area contributed by atoms with E-state index in [4.69, 9.17) is 0 Å². The number of hydrogen-bond donors (Lipinski definition) is 1. The van der Waals surface area contributed by atoms with Crippen LogP contribution < -0.4 is 10.1 Å². The number of nitrogens with one attached hydrogen (secondary N) is 1. The number of ketones is 1. The summed E-state index contributed by atoms with van der Waals surface area (Å²) in [6.07, 6.45) is -3.20. The maximum atomic E-state index is 12.4. The van der Waals surface area contributed by atoms with Gasteiger partial charge >= 0.3 is 6.36 Å². The van der Waals surface area contributed by atoms with E-state index in [1.54, 1.807) is 26.8 Å². The van der Waals surface area contributed by atoms with Gasteiger partial charge in [-0.3, -0.25) is 14.6 Å². The summed E-state index contributed by atoms with van der Waals surface area (Å²) in [6.45, 7) is 5.24. The van der Waals surface area contributed by atoms with Crippen LogP contribution in [0.4, 0.5) is 13.2 Å². The molecule has 1 N–H and O–H groups in total. The third-order valence-corrected chi connectivity index (χ3v) is 3.88. The molecule has 0 saturated heterocycles. The zero-order chi connectivity index (χ0) is 20.9. The Balaban J connectivity index is 2.05. The van der Waals surface area contributed by atoms with Gasteiger partial charge in [0.05, 0.1) is 0 Å². The number of ether oxygens (including phenoxy) is 1. The fourth-order valence-electron chi connectivity index (χ4n) is 2.50. The van der Waals surface area contributed by atoms with Crippen LogP contribution in [0.25, 0.3) is 0 Å². The number of amides is 1. The van der Waals surface area contributed by atoms with E-state index in [0.29, 0.717) is 22.4 Å². The van der Waals surface area contributed by atoms with E-state index in [-0.39, 0.29) is 30.4 Å². The maximum absolute atomic E-state index is 12.4. The SMILES string of the molecule is Cc1cc(CNC(=O)c2ccnc(CC(=O)C(C)C)c2)cc(OC(F)(F)F)c1. The van der Waals surface area contributed by atoms with Gasteiger partial charge in [0.2, 0.25) is 0 Å². The molecule has 0 saturated carbocycles. The molecule has 2 aromatic rings. The first-order chi connectivity index (χ1) is 13.0. The number of aromatic nitrogens is 1. The lowest BCUT2D eigenvalue weighted by Gasteiger charge is -2.12. The number of Topliss-reactive ketones (excluding diaryl/α,β-unsaturated/α-hetero) is 1. The Hall–Kier alpha value is -2.90. The number of aryl methyl sites for hydroxylation is 1. The molecule has 8 heteroatoms. The van der Waals surface area contributed by atoms with Gasteiger partial charge in [-0.1, -0.05) is 19.9 Å². The summed E-state index contributed by atoms with van der Waals surface area (Å²) in [7, 11) is 0. The van der Waals surface area contributed by atoms with E-state index in [9.17, 15) is 22.8 Å². The molecule has 0 fully saturated rings. The van der Waals surface area contributed by atoms with Crippen LogP contribution in [0.5, 0.6) is 5.75 Å². The third kappa shape index (κ3) is 6.68. The van der Waals surface area contributed by atoms with E-state index in [1.807, 2.05) is 0 Å². The largest absolute Gasteiger partial charge is 0.573 e. The Morgan fingerprint density at radius 3 is 2.54 bits per heavy atom. The van der Waals surface area contributed by atoms with Gasteiger partial charge in [0.1, 0.15) is 11.5 Å². The number of hydrogen-bond acceptors (Lipinski definition) is 4. The van der Waals surface area contributed by atoms with E-state index in [2.05, 4.69) is 15.0 Å². The first kappa shape index (κ1) is 21.4. The van der Waals surface area contributed by atoms with Crippen LogP contribution in [0.2, 0.25) is 0 Å². The highest BCUT2D eigenvalue weighted by Gasteiger charge is 2.31. The van der Waals surface area contributed by atoms with Crippen LogP contribution >= 0.6 is 0 Å². The van der Waals surface area contributed by atoms with Crippen molar-refractivity contribution >= 4 is 11.7 Å². The number of carbonyl (C=O) groups is 2. The van der Waals surface area contributed by atoms with E-state index >= 15 is 0 Å². The summed E-state index contributed by atoms with van der Waals surface area (Å²) in [6, 6.07) is 7.18. The van der Waals surface area contributed by atoms with Gasteiger partial charge in [0.25, 0.3) is 5.91 Å². The molecule has 0 radical (unpaired) electrons. The Morgan fingerprint density at radius 1 is 1.18 bits per heavy atom. The molecule has 5 nitrogen and oxygen atoms in total. The lowest BCUT2D eigenvalue weighted by Crippen LogP contribution is -2.23. The summed E-state index contributed by atoms with van der Waals surface area (Å²) >= 11 is 0. The lowest BCUT2D eigenvalue weighted by atomic mass is 10.0. The fourth-order valence-corrected chi connectivity index (χ4v) is 2.50. The van der Waals surface area contributed by atoms with Crippen LogP contribution in [-0.4, -0.2) is 23.0 Å². The highest BCUT2D eigenvalue weighted by molar-refractivity contribution is 5.94. The number of carbonyl (C=O) groups excluding carboxylic acids is 2. The summed E-state index contributed by atoms with van der Waals surface area (Å²) in [4.78, 5) is 28.3. The normalized spacial score (nSPS) is 11.4. The van der Waals surface area contributed by atoms with E-state index in [0.717, 1.165) is 0 Å². The number of rotatable bonds is 7. The molecular formula is C20H21F3N2O3. The molecule has 0 aliphatic carbocycles. The lowest BCUT2D eigenvalue weighted by molar-refractivity contribution is -0.274. The van der Waals surface area contributed by atoms with Crippen molar-refractivity contribution in [3.05, 3.63) is 58.9 Å². The summed E-state index contributed by atoms with van der Waals surface area (Å²) in [5, 5.41) is 2.65. The summed E-state index contributed by atoms with van der Waals surface area (Å²) < 4.78 is 41.1. The second kappa shape index (κ2) is 8.86. The van der Waals surface area contributed by atoms with Crippen LogP contribution in [-0.2, 0) is 17.8 Å². The molecule has 150 valence electrons. The van der Waals surface area contributed by atoms with Crippen molar-refractivity contribution in [3.8, 4) is 5.75 Å². The zero-order valence-corrected chi connectivity index (χ0v) is 15.8. The molecule has 1 heterocycles. The van der Waals surface area contributed by atoms with Crippen LogP contribution in [0.1, 0.15) is 41.0 Å². The first-order valence-electron chi connectivity index (χ1n) is 8.65. The predicted molar refractivity (Wildman–Crippen MR) is 96.8 cm³/mol. The second-order valence-electron chi connectivity index (χ2n) is 6.72. The second-order valence-corrected chi connectivity index (χ2v) is 6.72. The Morgan fingerprint density at radius 2 is 1.89 bits per heavy atom. The molecule has 0 unspecified atom stereocenters. The molecule has 2 rings (SSSR count). The van der Waals surface area contributed by atoms with Crippen molar-refractivity contribution in [1.29, 1.82) is 0 Å². The van der Waals surface area contributed by atoms with Gasteiger partial charge in [-0.2, -0.15) is 0 Å². The van der Waals surface area contributed by atoms with Crippen molar-refractivity contribution < 1.29 is 27.5 Å². The molecule has 0 aliphatic heterocycles. The van der Waals surface area contributed by atoms with E-state index < -0.39 is 12.3 Å². The Bertz CT molecular complexity index is 864. The van der Waals surface area contributed by atoms with Crippen molar-refractivity contribution in [2.75, 3.05) is 0 Å². The molecule has 28 heavy (non-hydrogen) atoms. The molecular weight excluding hydrogens is 373 g/mol. The smallest absolute Gasteiger partial charge is 0.406 e. The van der Waals surface area contributed by atoms with Crippen molar-refractivity contribution in [2.24, 2.45) is 5.92 Å². The Labute approximate surface area is 160 Å². The minimum absolute atomic E-state index is 0.0158. The number of alkyl halides is 3. The topological polar surface area (TPSA) is 68.3 Å². The highest BCUT2D eigenvalue weighted by atomic mass is 19.4. The highest BCUT2D eigenvalue weighted by Crippen LogP contribution is 2.25. The van der Waals surface area contributed by atoms with Crippen LogP contribution in [0.15, 0.2) is 36.5 Å². The quantitative estimate of drug-likeness (QED) is 0.771. The monoisotopic (exact) mass is 394 g/mol. The molecule has 0 bridgehead atoms. The number of pyridine rings is 1. The number of halogens is 3. The first-order valence-corrected chi connectivity index (χ1v) is 8.65. The van der Waals surface area contributed by atoms with Gasteiger partial charge in [-0.05, 0) is 42.3 Å². The van der Waals surface area contributed by atoms with Crippen molar-refractivity contribution in [2.45, 2.75) is 40.1 Å². The Kier molecular flexibility index (Phi) is 6.77. The minimum atomic E-state index is -4.78. The zero-order valence-electron chi connectivity index (χ0n) is 15.8. The number of benzene rings is 1. The van der Waals surface area contributed by atoms with Crippen LogP contribution in [0, 0.1) is 12.8 Å². The standard InChI is InChI=1S/C20H21F3N2O3/c1-12(2)18(26)10-16-9-15(4-5-24-16)19(27)25-11-14-6-13(3)7-17(8-14)28-20(21,22)23/h4-9,12H,10-11H2,1-3H3,(H,25,27). The third-order valence-electron chi connectivity index (χ3n) is 3.88. The number of nitrogens with zero attached hydrogens (tertiary/aromatic N) is 1. The summed E-state index contributed by atoms with van der Waals surface area (Å²) in [5.74, 6) is -0.869. The average molecular weight is 394 g/mol. The molecule has 1 aromatic carbocycles. The van der Waals surface area contributed by atoms with Crippen LogP contribution in [0.3, 0.4) is 0 Å². The maximum Gasteiger partial charge on any atom is 0.573 e. The van der Waals surface area contributed by atoms with Gasteiger partial charge in [-0.15, -0.1) is 13.2 Å².